The minimum Gasteiger partial charge on any atom is -0.489 e. The number of carbonyl (C=O) groups is 2. The van der Waals surface area contributed by atoms with Crippen LogP contribution in [0.4, 0.5) is 9.18 Å². The van der Waals surface area contributed by atoms with Crippen molar-refractivity contribution >= 4 is 12.0 Å². The standard InChI is InChI=1S/C21H29FN2O4/c1-5-9-24-10-8-16-11-17(6-7-18(16)19(24)25)27-14-15(12-22)13-23-20(26)28-21(2,3)4/h6-7,11-12H,5,8-10,13-14H2,1-4H3,(H,23,26)/b15-12-. The lowest BCUT2D eigenvalue weighted by Crippen LogP contribution is -2.38. The molecule has 6 nitrogen and oxygen atoms in total. The maximum atomic E-state index is 13.1. The highest BCUT2D eigenvalue weighted by molar-refractivity contribution is 5.96. The molecule has 0 fully saturated rings. The molecule has 0 atom stereocenters. The summed E-state index contributed by atoms with van der Waals surface area (Å²) in [6.45, 7) is 8.73. The number of fused-ring (bicyclic) bond motifs is 1. The summed E-state index contributed by atoms with van der Waals surface area (Å²) in [6, 6.07) is 5.30. The fourth-order valence-corrected chi connectivity index (χ4v) is 2.88. The van der Waals surface area contributed by atoms with Crippen molar-refractivity contribution in [2.75, 3.05) is 26.2 Å². The van der Waals surface area contributed by atoms with Gasteiger partial charge in [-0.25, -0.2) is 9.18 Å². The summed E-state index contributed by atoms with van der Waals surface area (Å²) in [5.41, 5.74) is 1.29. The van der Waals surface area contributed by atoms with Crippen molar-refractivity contribution in [1.82, 2.24) is 10.2 Å². The maximum absolute atomic E-state index is 13.1. The number of nitrogens with one attached hydrogen (secondary N) is 1. The first-order chi connectivity index (χ1) is 13.2. The Labute approximate surface area is 165 Å². The van der Waals surface area contributed by atoms with Crippen LogP contribution < -0.4 is 10.1 Å². The maximum Gasteiger partial charge on any atom is 0.407 e. The van der Waals surface area contributed by atoms with E-state index in [0.29, 0.717) is 24.2 Å². The van der Waals surface area contributed by atoms with Crippen molar-refractivity contribution < 1.29 is 23.5 Å². The number of amides is 2. The molecule has 1 aromatic rings. The normalized spacial score (nSPS) is 14.5. The number of hydrogen-bond donors (Lipinski definition) is 1. The molecule has 1 aromatic carbocycles. The van der Waals surface area contributed by atoms with E-state index in [2.05, 4.69) is 5.32 Å². The van der Waals surface area contributed by atoms with Crippen molar-refractivity contribution in [3.63, 3.8) is 0 Å². The van der Waals surface area contributed by atoms with Gasteiger partial charge in [0.2, 0.25) is 0 Å². The van der Waals surface area contributed by atoms with Gasteiger partial charge in [-0.2, -0.15) is 0 Å². The second kappa shape index (κ2) is 9.57. The number of rotatable bonds is 7. The van der Waals surface area contributed by atoms with Crippen molar-refractivity contribution in [1.29, 1.82) is 0 Å². The summed E-state index contributed by atoms with van der Waals surface area (Å²) < 4.78 is 23.9. The highest BCUT2D eigenvalue weighted by Gasteiger charge is 2.24. The average Bonchev–Trinajstić information content (AvgIpc) is 2.63. The molecule has 1 heterocycles. The van der Waals surface area contributed by atoms with Gasteiger partial charge in [0, 0.05) is 30.8 Å². The van der Waals surface area contributed by atoms with Crippen LogP contribution in [-0.4, -0.2) is 48.7 Å². The van der Waals surface area contributed by atoms with Crippen LogP contribution in [0.5, 0.6) is 5.75 Å². The average molecular weight is 392 g/mol. The molecule has 0 unspecified atom stereocenters. The molecule has 0 aromatic heterocycles. The molecule has 7 heteroatoms. The lowest BCUT2D eigenvalue weighted by Gasteiger charge is -2.28. The molecule has 0 saturated heterocycles. The highest BCUT2D eigenvalue weighted by atomic mass is 19.1. The van der Waals surface area contributed by atoms with E-state index in [1.165, 1.54) is 0 Å². The van der Waals surface area contributed by atoms with Crippen LogP contribution in [-0.2, 0) is 11.2 Å². The quantitative estimate of drug-likeness (QED) is 0.765. The second-order valence-electron chi connectivity index (χ2n) is 7.77. The molecule has 0 saturated carbocycles. The largest absolute Gasteiger partial charge is 0.489 e. The van der Waals surface area contributed by atoms with Gasteiger partial charge in [0.25, 0.3) is 5.91 Å². The van der Waals surface area contributed by atoms with Gasteiger partial charge in [-0.3, -0.25) is 4.79 Å². The van der Waals surface area contributed by atoms with E-state index >= 15 is 0 Å². The fraction of sp³-hybridized carbons (Fsp3) is 0.524. The molecular formula is C21H29FN2O4. The fourth-order valence-electron chi connectivity index (χ4n) is 2.88. The van der Waals surface area contributed by atoms with Gasteiger partial charge in [0.15, 0.2) is 0 Å². The monoisotopic (exact) mass is 392 g/mol. The SMILES string of the molecule is CCCN1CCc2cc(OC/C(=C\F)CNC(=O)OC(C)(C)C)ccc2C1=O. The lowest BCUT2D eigenvalue weighted by atomic mass is 9.98. The smallest absolute Gasteiger partial charge is 0.407 e. The van der Waals surface area contributed by atoms with Crippen LogP contribution >= 0.6 is 0 Å². The Balaban J connectivity index is 1.90. The Morgan fingerprint density at radius 3 is 2.75 bits per heavy atom. The number of carbonyl (C=O) groups excluding carboxylic acids is 2. The third-order valence-electron chi connectivity index (χ3n) is 4.18. The van der Waals surface area contributed by atoms with Gasteiger partial charge in [0.05, 0.1) is 6.33 Å². The van der Waals surface area contributed by atoms with E-state index in [1.807, 2.05) is 17.9 Å². The minimum absolute atomic E-state index is 0.0129. The Morgan fingerprint density at radius 1 is 1.36 bits per heavy atom. The summed E-state index contributed by atoms with van der Waals surface area (Å²) in [5.74, 6) is 0.604. The number of halogens is 1. The third-order valence-corrected chi connectivity index (χ3v) is 4.18. The van der Waals surface area contributed by atoms with Crippen LogP contribution in [0, 0.1) is 0 Å². The predicted octanol–water partition coefficient (Wildman–Crippen LogP) is 3.85. The predicted molar refractivity (Wildman–Crippen MR) is 105 cm³/mol. The van der Waals surface area contributed by atoms with E-state index in [-0.39, 0.29) is 24.6 Å². The molecule has 1 aliphatic rings. The number of benzene rings is 1. The Hall–Kier alpha value is -2.57. The molecular weight excluding hydrogens is 363 g/mol. The highest BCUT2D eigenvalue weighted by Crippen LogP contribution is 2.24. The van der Waals surface area contributed by atoms with E-state index in [1.54, 1.807) is 32.9 Å². The summed E-state index contributed by atoms with van der Waals surface area (Å²) in [7, 11) is 0. The summed E-state index contributed by atoms with van der Waals surface area (Å²) in [5, 5.41) is 2.50. The van der Waals surface area contributed by atoms with Crippen molar-refractivity contribution in [3.05, 3.63) is 41.2 Å². The van der Waals surface area contributed by atoms with E-state index in [4.69, 9.17) is 9.47 Å². The first kappa shape index (κ1) is 21.7. The van der Waals surface area contributed by atoms with Crippen molar-refractivity contribution in [2.24, 2.45) is 0 Å². The molecule has 0 radical (unpaired) electrons. The van der Waals surface area contributed by atoms with Crippen molar-refractivity contribution in [3.8, 4) is 5.75 Å². The second-order valence-corrected chi connectivity index (χ2v) is 7.77. The van der Waals surface area contributed by atoms with Crippen LogP contribution in [0.25, 0.3) is 0 Å². The molecule has 0 bridgehead atoms. The molecule has 28 heavy (non-hydrogen) atoms. The molecule has 1 aliphatic heterocycles. The number of hydrogen-bond acceptors (Lipinski definition) is 4. The molecule has 2 amide bonds. The first-order valence-corrected chi connectivity index (χ1v) is 9.53. The molecule has 154 valence electrons. The summed E-state index contributed by atoms with van der Waals surface area (Å²) in [4.78, 5) is 26.0. The van der Waals surface area contributed by atoms with Gasteiger partial charge >= 0.3 is 6.09 Å². The zero-order valence-corrected chi connectivity index (χ0v) is 17.0. The third kappa shape index (κ3) is 6.25. The Bertz CT molecular complexity index is 740. The number of nitrogens with zero attached hydrogens (tertiary/aromatic N) is 1. The Morgan fingerprint density at radius 2 is 2.11 bits per heavy atom. The zero-order valence-electron chi connectivity index (χ0n) is 17.0. The molecule has 1 N–H and O–H groups in total. The summed E-state index contributed by atoms with van der Waals surface area (Å²) >= 11 is 0. The van der Waals surface area contributed by atoms with Crippen LogP contribution in [0.3, 0.4) is 0 Å². The van der Waals surface area contributed by atoms with Gasteiger partial charge < -0.3 is 19.7 Å². The Kier molecular flexibility index (Phi) is 7.43. The van der Waals surface area contributed by atoms with E-state index in [0.717, 1.165) is 24.9 Å². The van der Waals surface area contributed by atoms with Crippen molar-refractivity contribution in [2.45, 2.75) is 46.1 Å². The van der Waals surface area contributed by atoms with E-state index < -0.39 is 11.7 Å². The molecule has 2 rings (SSSR count). The lowest BCUT2D eigenvalue weighted by molar-refractivity contribution is 0.0531. The van der Waals surface area contributed by atoms with Gasteiger partial charge in [-0.05, 0) is 57.4 Å². The minimum atomic E-state index is -0.618. The van der Waals surface area contributed by atoms with Gasteiger partial charge in [-0.15, -0.1) is 0 Å². The topological polar surface area (TPSA) is 67.9 Å². The van der Waals surface area contributed by atoms with Crippen LogP contribution in [0.1, 0.15) is 50.0 Å². The molecule has 0 spiro atoms. The number of ether oxygens (including phenoxy) is 2. The van der Waals surface area contributed by atoms with Gasteiger partial charge in [0.1, 0.15) is 18.0 Å². The zero-order chi connectivity index (χ0) is 20.7. The first-order valence-electron chi connectivity index (χ1n) is 9.53. The van der Waals surface area contributed by atoms with Gasteiger partial charge in [-0.1, -0.05) is 6.92 Å². The summed E-state index contributed by atoms with van der Waals surface area (Å²) in [6.07, 6.45) is 1.50. The van der Waals surface area contributed by atoms with Crippen LogP contribution in [0.15, 0.2) is 30.1 Å². The molecule has 0 aliphatic carbocycles. The van der Waals surface area contributed by atoms with E-state index in [9.17, 15) is 14.0 Å². The van der Waals surface area contributed by atoms with Crippen LogP contribution in [0.2, 0.25) is 0 Å². The number of alkyl carbamates (subject to hydrolysis) is 1.